The van der Waals surface area contributed by atoms with E-state index in [9.17, 15) is 23.2 Å². The smallest absolute Gasteiger partial charge is 0.328 e. The van der Waals surface area contributed by atoms with Gasteiger partial charge in [-0.2, -0.15) is 0 Å². The lowest BCUT2D eigenvalue weighted by molar-refractivity contribution is -0.158. The molecule has 132 valence electrons. The molecule has 1 aromatic rings. The first-order valence-corrected chi connectivity index (χ1v) is 7.09. The van der Waals surface area contributed by atoms with Crippen LogP contribution in [0.4, 0.5) is 8.78 Å². The van der Waals surface area contributed by atoms with Crippen LogP contribution in [0.3, 0.4) is 0 Å². The fraction of sp³-hybridized carbons (Fsp3) is 0.438. The molecule has 1 amide bonds. The number of benzene rings is 1. The molecule has 1 rings (SSSR count). The van der Waals surface area contributed by atoms with Gasteiger partial charge in [-0.3, -0.25) is 9.59 Å². The van der Waals surface area contributed by atoms with E-state index in [0.29, 0.717) is 6.07 Å². The van der Waals surface area contributed by atoms with Crippen molar-refractivity contribution >= 4 is 17.8 Å². The Kier molecular flexibility index (Phi) is 6.39. The van der Waals surface area contributed by atoms with Gasteiger partial charge in [0.15, 0.2) is 11.6 Å². The van der Waals surface area contributed by atoms with Crippen LogP contribution in [0.25, 0.3) is 0 Å². The third-order valence-corrected chi connectivity index (χ3v) is 2.76. The number of nitrogens with one attached hydrogen (secondary N) is 1. The second-order valence-corrected chi connectivity index (χ2v) is 5.97. The Morgan fingerprint density at radius 2 is 1.79 bits per heavy atom. The van der Waals surface area contributed by atoms with Crippen molar-refractivity contribution in [2.75, 3.05) is 7.11 Å². The number of ether oxygens (including phenoxy) is 2. The average Bonchev–Trinajstić information content (AvgIpc) is 2.46. The lowest BCUT2D eigenvalue weighted by atomic mass is 10.1. The van der Waals surface area contributed by atoms with Gasteiger partial charge < -0.3 is 14.8 Å². The van der Waals surface area contributed by atoms with E-state index in [0.717, 1.165) is 19.2 Å². The van der Waals surface area contributed by atoms with Crippen LogP contribution in [0.2, 0.25) is 0 Å². The van der Waals surface area contributed by atoms with Crippen molar-refractivity contribution in [2.45, 2.75) is 38.8 Å². The number of carbonyl (C=O) groups excluding carboxylic acids is 3. The highest BCUT2D eigenvalue weighted by molar-refractivity contribution is 5.97. The second-order valence-electron chi connectivity index (χ2n) is 5.97. The number of halogens is 2. The van der Waals surface area contributed by atoms with Gasteiger partial charge in [-0.25, -0.2) is 13.6 Å². The van der Waals surface area contributed by atoms with Crippen LogP contribution in [0, 0.1) is 11.6 Å². The second kappa shape index (κ2) is 7.85. The monoisotopic (exact) mass is 343 g/mol. The molecule has 0 fully saturated rings. The SMILES string of the molecule is COC(=O)[C@H](CC(=O)OC(C)(C)C)NC(=O)c1ccc(F)c(F)c1. The van der Waals surface area contributed by atoms with E-state index < -0.39 is 47.5 Å². The number of hydrogen-bond acceptors (Lipinski definition) is 5. The van der Waals surface area contributed by atoms with E-state index in [4.69, 9.17) is 4.74 Å². The Bertz CT molecular complexity index is 640. The summed E-state index contributed by atoms with van der Waals surface area (Å²) in [5.41, 5.74) is -0.964. The number of hydrogen-bond donors (Lipinski definition) is 1. The number of methoxy groups -OCH3 is 1. The van der Waals surface area contributed by atoms with E-state index in [1.54, 1.807) is 20.8 Å². The lowest BCUT2D eigenvalue weighted by Gasteiger charge is -2.22. The first-order valence-electron chi connectivity index (χ1n) is 7.09. The zero-order valence-electron chi connectivity index (χ0n) is 13.8. The highest BCUT2D eigenvalue weighted by atomic mass is 19.2. The molecule has 6 nitrogen and oxygen atoms in total. The normalized spacial score (nSPS) is 12.2. The van der Waals surface area contributed by atoms with Crippen molar-refractivity contribution in [1.29, 1.82) is 0 Å². The minimum atomic E-state index is -1.31. The van der Waals surface area contributed by atoms with Crippen LogP contribution in [0.1, 0.15) is 37.6 Å². The van der Waals surface area contributed by atoms with Gasteiger partial charge in [0.2, 0.25) is 0 Å². The number of carbonyl (C=O) groups is 3. The topological polar surface area (TPSA) is 81.7 Å². The molecular weight excluding hydrogens is 324 g/mol. The van der Waals surface area contributed by atoms with Crippen LogP contribution >= 0.6 is 0 Å². The van der Waals surface area contributed by atoms with Gasteiger partial charge in [0.25, 0.3) is 5.91 Å². The first-order chi connectivity index (χ1) is 11.0. The van der Waals surface area contributed by atoms with Crippen molar-refractivity contribution in [3.63, 3.8) is 0 Å². The molecule has 0 radical (unpaired) electrons. The summed E-state index contributed by atoms with van der Waals surface area (Å²) in [6, 6.07) is 1.21. The highest BCUT2D eigenvalue weighted by Gasteiger charge is 2.28. The molecule has 0 aliphatic heterocycles. The van der Waals surface area contributed by atoms with Crippen LogP contribution < -0.4 is 5.32 Å². The highest BCUT2D eigenvalue weighted by Crippen LogP contribution is 2.12. The predicted molar refractivity (Wildman–Crippen MR) is 80.1 cm³/mol. The fourth-order valence-electron chi connectivity index (χ4n) is 1.76. The molecule has 0 aliphatic carbocycles. The molecular formula is C16H19F2NO5. The molecule has 0 aromatic heterocycles. The summed E-state index contributed by atoms with van der Waals surface area (Å²) in [6.07, 6.45) is -0.459. The maximum Gasteiger partial charge on any atom is 0.328 e. The zero-order chi connectivity index (χ0) is 18.5. The summed E-state index contributed by atoms with van der Waals surface area (Å²) in [5, 5.41) is 2.24. The molecule has 0 unspecified atom stereocenters. The van der Waals surface area contributed by atoms with Crippen molar-refractivity contribution in [1.82, 2.24) is 5.32 Å². The van der Waals surface area contributed by atoms with Gasteiger partial charge in [0.05, 0.1) is 13.5 Å². The Morgan fingerprint density at radius 1 is 1.17 bits per heavy atom. The van der Waals surface area contributed by atoms with Crippen LogP contribution in [0.5, 0.6) is 0 Å². The van der Waals surface area contributed by atoms with E-state index in [-0.39, 0.29) is 5.56 Å². The minimum Gasteiger partial charge on any atom is -0.467 e. The minimum absolute atomic E-state index is 0.202. The van der Waals surface area contributed by atoms with Crippen LogP contribution in [-0.4, -0.2) is 36.6 Å². The maximum absolute atomic E-state index is 13.2. The molecule has 0 aliphatic rings. The molecule has 1 atom stereocenters. The molecule has 0 spiro atoms. The van der Waals surface area contributed by atoms with Gasteiger partial charge in [-0.05, 0) is 39.0 Å². The third kappa shape index (κ3) is 5.94. The summed E-state index contributed by atoms with van der Waals surface area (Å²) < 4.78 is 35.7. The number of esters is 2. The van der Waals surface area contributed by atoms with E-state index in [1.165, 1.54) is 0 Å². The first kappa shape index (κ1) is 19.5. The molecule has 1 aromatic carbocycles. The van der Waals surface area contributed by atoms with Gasteiger partial charge in [-0.1, -0.05) is 0 Å². The van der Waals surface area contributed by atoms with Crippen molar-refractivity contribution in [3.05, 3.63) is 35.4 Å². The molecule has 8 heteroatoms. The molecule has 0 saturated carbocycles. The molecule has 0 heterocycles. The largest absolute Gasteiger partial charge is 0.467 e. The summed E-state index contributed by atoms with van der Waals surface area (Å²) in [6.45, 7) is 4.95. The summed E-state index contributed by atoms with van der Waals surface area (Å²) in [5.74, 6) is -4.75. The maximum atomic E-state index is 13.2. The van der Waals surface area contributed by atoms with Crippen molar-refractivity contribution in [2.24, 2.45) is 0 Å². The van der Waals surface area contributed by atoms with Crippen molar-refractivity contribution in [3.8, 4) is 0 Å². The van der Waals surface area contributed by atoms with E-state index in [2.05, 4.69) is 10.1 Å². The standard InChI is InChI=1S/C16H19F2NO5/c1-16(2,3)24-13(20)8-12(15(22)23-4)19-14(21)9-5-6-10(17)11(18)7-9/h5-7,12H,8H2,1-4H3,(H,19,21)/t12-/m0/s1. The van der Waals surface area contributed by atoms with Crippen LogP contribution in [0.15, 0.2) is 18.2 Å². The zero-order valence-corrected chi connectivity index (χ0v) is 13.8. The molecule has 0 bridgehead atoms. The molecule has 0 saturated heterocycles. The van der Waals surface area contributed by atoms with Gasteiger partial charge >= 0.3 is 11.9 Å². The Hall–Kier alpha value is -2.51. The summed E-state index contributed by atoms with van der Waals surface area (Å²) >= 11 is 0. The summed E-state index contributed by atoms with van der Waals surface area (Å²) in [7, 11) is 1.09. The quantitative estimate of drug-likeness (QED) is 0.827. The average molecular weight is 343 g/mol. The van der Waals surface area contributed by atoms with E-state index >= 15 is 0 Å². The lowest BCUT2D eigenvalue weighted by Crippen LogP contribution is -2.44. The molecule has 1 N–H and O–H groups in total. The third-order valence-electron chi connectivity index (χ3n) is 2.76. The fourth-order valence-corrected chi connectivity index (χ4v) is 1.76. The van der Waals surface area contributed by atoms with Gasteiger partial charge in [0, 0.05) is 5.56 Å². The molecule has 24 heavy (non-hydrogen) atoms. The Labute approximate surface area is 138 Å². The Balaban J connectivity index is 2.85. The van der Waals surface area contributed by atoms with Gasteiger partial charge in [0.1, 0.15) is 11.6 Å². The van der Waals surface area contributed by atoms with Crippen molar-refractivity contribution < 1.29 is 32.6 Å². The number of rotatable bonds is 5. The Morgan fingerprint density at radius 3 is 2.29 bits per heavy atom. The van der Waals surface area contributed by atoms with E-state index in [1.807, 2.05) is 0 Å². The van der Waals surface area contributed by atoms with Gasteiger partial charge in [-0.15, -0.1) is 0 Å². The summed E-state index contributed by atoms with van der Waals surface area (Å²) in [4.78, 5) is 35.6. The predicted octanol–water partition coefficient (Wildman–Crippen LogP) is 1.97. The van der Waals surface area contributed by atoms with Crippen LogP contribution in [-0.2, 0) is 19.1 Å². The number of amides is 1.